The highest BCUT2D eigenvalue weighted by Gasteiger charge is 2.72. The van der Waals surface area contributed by atoms with Gasteiger partial charge < -0.3 is 24.5 Å². The van der Waals surface area contributed by atoms with Crippen LogP contribution in [0.5, 0.6) is 5.75 Å². The largest absolute Gasteiger partial charge is 0.494 e. The Morgan fingerprint density at radius 3 is 2.38 bits per heavy atom. The fourth-order valence-corrected chi connectivity index (χ4v) is 8.84. The van der Waals surface area contributed by atoms with E-state index in [9.17, 15) is 19.5 Å². The third-order valence-electron chi connectivity index (χ3n) is 9.06. The van der Waals surface area contributed by atoms with Gasteiger partial charge >= 0.3 is 0 Å². The molecule has 5 rings (SSSR count). The molecular weight excluding hydrogens is 526 g/mol. The smallest absolute Gasteiger partial charge is 0.247 e. The number of rotatable bonds is 8. The van der Waals surface area contributed by atoms with Gasteiger partial charge in [0, 0.05) is 30.1 Å². The summed E-state index contributed by atoms with van der Waals surface area (Å²) in [5.41, 5.74) is 0.745. The minimum Gasteiger partial charge on any atom is -0.494 e. The molecule has 0 radical (unpaired) electrons. The van der Waals surface area contributed by atoms with Crippen molar-refractivity contribution >= 4 is 35.2 Å². The van der Waals surface area contributed by atoms with Gasteiger partial charge in [-0.3, -0.25) is 14.4 Å². The number of hydrogen-bond acceptors (Lipinski definition) is 6. The molecule has 0 aromatic heterocycles. The van der Waals surface area contributed by atoms with Crippen molar-refractivity contribution in [2.24, 2.45) is 17.8 Å². The first kappa shape index (κ1) is 28.7. The van der Waals surface area contributed by atoms with Crippen LogP contribution < -0.4 is 9.64 Å². The lowest BCUT2D eigenvalue weighted by atomic mass is 9.78. The van der Waals surface area contributed by atoms with E-state index < -0.39 is 28.7 Å². The number of ether oxygens (including phenoxy) is 1. The van der Waals surface area contributed by atoms with Crippen LogP contribution in [0.3, 0.4) is 0 Å². The maximum absolute atomic E-state index is 14.6. The molecule has 4 aliphatic heterocycles. The number of amides is 3. The number of thioether (sulfide) groups is 1. The molecule has 1 spiro atoms. The molecule has 40 heavy (non-hydrogen) atoms. The molecule has 8 nitrogen and oxygen atoms in total. The van der Waals surface area contributed by atoms with E-state index in [0.717, 1.165) is 17.9 Å². The van der Waals surface area contributed by atoms with Crippen molar-refractivity contribution in [1.82, 2.24) is 9.80 Å². The summed E-state index contributed by atoms with van der Waals surface area (Å²) in [4.78, 5) is 48.4. The first-order chi connectivity index (χ1) is 19.2. The highest BCUT2D eigenvalue weighted by Crippen LogP contribution is 2.61. The normalized spacial score (nSPS) is 31.2. The first-order valence-electron chi connectivity index (χ1n) is 14.5. The van der Waals surface area contributed by atoms with Gasteiger partial charge in [0.25, 0.3) is 0 Å². The number of hydrogen-bond donors (Lipinski definition) is 1. The van der Waals surface area contributed by atoms with Gasteiger partial charge in [-0.05, 0) is 51.0 Å². The molecule has 1 unspecified atom stereocenters. The standard InChI is InChI=1S/C31H41N3O5S/c1-6-20(5)23(18-35)34-27-30(38)32(19(3)4)17-9-15-31(27)26(29(34)37)25-24(40-31)10-8-16-33(28(25)36)21-11-13-22(14-12-21)39-7-2/h8-15,19-20,23-27,35H,6-7,16-18H2,1-5H3/t20-,23-,24+,25-,26-,27?,31-/m0/s1. The van der Waals surface area contributed by atoms with E-state index in [1.807, 2.05) is 88.1 Å². The summed E-state index contributed by atoms with van der Waals surface area (Å²) in [6.45, 7) is 11.1. The zero-order chi connectivity index (χ0) is 28.8. The van der Waals surface area contributed by atoms with Crippen LogP contribution in [0, 0.1) is 17.8 Å². The van der Waals surface area contributed by atoms with Gasteiger partial charge in [0.15, 0.2) is 0 Å². The van der Waals surface area contributed by atoms with Gasteiger partial charge in [0.05, 0.1) is 35.8 Å². The summed E-state index contributed by atoms with van der Waals surface area (Å²) in [5.74, 6) is -1.04. The molecule has 0 saturated carbocycles. The monoisotopic (exact) mass is 567 g/mol. The Bertz CT molecular complexity index is 1200. The Kier molecular flexibility index (Phi) is 8.08. The van der Waals surface area contributed by atoms with Crippen molar-refractivity contribution in [3.8, 4) is 5.75 Å². The predicted octanol–water partition coefficient (Wildman–Crippen LogP) is 3.50. The zero-order valence-electron chi connectivity index (χ0n) is 24.0. The van der Waals surface area contributed by atoms with Crippen LogP contribution in [0.4, 0.5) is 5.69 Å². The SMILES string of the molecule is CCOc1ccc(N2CC=C[C@H]3S[C@]45C=CCN(C(C)C)C(=O)C4N([C@@H](CO)[C@@H](C)CC)C(=O)[C@@H]5[C@H]3C2=O)cc1. The Balaban J connectivity index is 1.60. The molecule has 1 N–H and O–H groups in total. The molecule has 2 saturated heterocycles. The maximum atomic E-state index is 14.6. The molecule has 4 aliphatic rings. The Morgan fingerprint density at radius 2 is 1.75 bits per heavy atom. The fraction of sp³-hybridized carbons (Fsp3) is 0.581. The first-order valence-corrected chi connectivity index (χ1v) is 15.4. The quantitative estimate of drug-likeness (QED) is 0.484. The van der Waals surface area contributed by atoms with Crippen molar-refractivity contribution in [1.29, 1.82) is 0 Å². The van der Waals surface area contributed by atoms with E-state index in [-0.39, 0.29) is 41.5 Å². The molecular formula is C31H41N3O5S. The van der Waals surface area contributed by atoms with E-state index >= 15 is 0 Å². The van der Waals surface area contributed by atoms with Crippen molar-refractivity contribution < 1.29 is 24.2 Å². The summed E-state index contributed by atoms with van der Waals surface area (Å²) in [6.07, 6.45) is 8.83. The van der Waals surface area contributed by atoms with Crippen molar-refractivity contribution in [3.05, 3.63) is 48.6 Å². The molecule has 216 valence electrons. The van der Waals surface area contributed by atoms with Crippen LogP contribution in [-0.4, -0.2) is 87.1 Å². The lowest BCUT2D eigenvalue weighted by Gasteiger charge is -2.41. The number of anilines is 1. The highest BCUT2D eigenvalue weighted by molar-refractivity contribution is 8.02. The number of benzene rings is 1. The number of likely N-dealkylation sites (tertiary alicyclic amines) is 1. The van der Waals surface area contributed by atoms with Crippen LogP contribution in [0.1, 0.15) is 41.0 Å². The summed E-state index contributed by atoms with van der Waals surface area (Å²) >= 11 is 1.57. The van der Waals surface area contributed by atoms with E-state index in [0.29, 0.717) is 19.7 Å². The van der Waals surface area contributed by atoms with E-state index in [1.165, 1.54) is 0 Å². The van der Waals surface area contributed by atoms with Gasteiger partial charge in [0.1, 0.15) is 11.8 Å². The minimum atomic E-state index is -0.893. The molecule has 0 bridgehead atoms. The van der Waals surface area contributed by atoms with Crippen LogP contribution in [0.15, 0.2) is 48.6 Å². The van der Waals surface area contributed by atoms with E-state index in [4.69, 9.17) is 4.74 Å². The molecule has 1 aromatic rings. The number of aliphatic hydroxyl groups is 1. The van der Waals surface area contributed by atoms with Crippen LogP contribution in [0.25, 0.3) is 0 Å². The molecule has 3 amide bonds. The van der Waals surface area contributed by atoms with Crippen LogP contribution in [0.2, 0.25) is 0 Å². The second-order valence-corrected chi connectivity index (χ2v) is 13.0. The maximum Gasteiger partial charge on any atom is 0.247 e. The van der Waals surface area contributed by atoms with Crippen molar-refractivity contribution in [3.63, 3.8) is 0 Å². The fourth-order valence-electron chi connectivity index (χ4n) is 6.85. The van der Waals surface area contributed by atoms with Crippen LogP contribution in [-0.2, 0) is 14.4 Å². The van der Waals surface area contributed by atoms with E-state index in [1.54, 1.807) is 21.6 Å². The van der Waals surface area contributed by atoms with Gasteiger partial charge in [-0.15, -0.1) is 11.8 Å². The second-order valence-electron chi connectivity index (χ2n) is 11.5. The van der Waals surface area contributed by atoms with Crippen molar-refractivity contribution in [2.45, 2.75) is 69.2 Å². The number of aliphatic hydroxyl groups excluding tert-OH is 1. The molecule has 0 aliphatic carbocycles. The number of nitrogens with zero attached hydrogens (tertiary/aromatic N) is 3. The molecule has 1 aromatic carbocycles. The van der Waals surface area contributed by atoms with E-state index in [2.05, 4.69) is 0 Å². The molecule has 9 heteroatoms. The molecule has 7 atom stereocenters. The Hall–Kier alpha value is -2.78. The predicted molar refractivity (Wildman–Crippen MR) is 157 cm³/mol. The summed E-state index contributed by atoms with van der Waals surface area (Å²) in [6, 6.07) is 6.12. The number of carbonyl (C=O) groups is 3. The molecule has 2 fully saturated rings. The minimum absolute atomic E-state index is 0.0109. The van der Waals surface area contributed by atoms with Crippen molar-refractivity contribution in [2.75, 3.05) is 31.2 Å². The average Bonchev–Trinajstić information content (AvgIpc) is 3.25. The summed E-state index contributed by atoms with van der Waals surface area (Å²) in [5, 5.41) is 10.3. The lowest BCUT2D eigenvalue weighted by Crippen LogP contribution is -2.58. The van der Waals surface area contributed by atoms with Gasteiger partial charge in [0.2, 0.25) is 17.7 Å². The summed E-state index contributed by atoms with van der Waals surface area (Å²) in [7, 11) is 0. The van der Waals surface area contributed by atoms with Crippen LogP contribution >= 0.6 is 11.8 Å². The number of carbonyl (C=O) groups excluding carboxylic acids is 3. The highest BCUT2D eigenvalue weighted by atomic mass is 32.2. The average molecular weight is 568 g/mol. The third-order valence-corrected chi connectivity index (χ3v) is 10.8. The number of fused-ring (bicyclic) bond motifs is 2. The van der Waals surface area contributed by atoms with Gasteiger partial charge in [-0.25, -0.2) is 0 Å². The third kappa shape index (κ3) is 4.45. The topological polar surface area (TPSA) is 90.4 Å². The van der Waals surface area contributed by atoms with Gasteiger partial charge in [-0.2, -0.15) is 0 Å². The molecule has 4 heterocycles. The van der Waals surface area contributed by atoms with Gasteiger partial charge in [-0.1, -0.05) is 44.6 Å². The lowest BCUT2D eigenvalue weighted by molar-refractivity contribution is -0.147. The Labute approximate surface area is 241 Å². The zero-order valence-corrected chi connectivity index (χ0v) is 24.8. The Morgan fingerprint density at radius 1 is 1.02 bits per heavy atom. The second kappa shape index (κ2) is 11.2. The summed E-state index contributed by atoms with van der Waals surface area (Å²) < 4.78 is 4.69.